The molecule has 66 valence electrons. The average Bonchev–Trinajstić information content (AvgIpc) is 1.85. The lowest BCUT2D eigenvalue weighted by Gasteiger charge is -1.99. The first-order valence-electron chi connectivity index (χ1n) is 2.86. The molecule has 0 aliphatic rings. The molecule has 0 bridgehead atoms. The van der Waals surface area contributed by atoms with Gasteiger partial charge in [-0.25, -0.2) is 0 Å². The van der Waals surface area contributed by atoms with E-state index in [9.17, 15) is 9.00 Å². The van der Waals surface area contributed by atoms with E-state index in [0.29, 0.717) is 6.54 Å². The molecule has 0 aliphatic heterocycles. The molecule has 4 N–H and O–H groups in total. The molecule has 0 saturated heterocycles. The van der Waals surface area contributed by atoms with E-state index in [2.05, 4.69) is 9.50 Å². The highest BCUT2D eigenvalue weighted by Crippen LogP contribution is 1.75. The highest BCUT2D eigenvalue weighted by atomic mass is 32.2. The van der Waals surface area contributed by atoms with Crippen LogP contribution in [0.3, 0.4) is 0 Å². The first-order chi connectivity index (χ1) is 5.13. The molecule has 0 aromatic carbocycles. The SMILES string of the molecule is NC(=O)CNCCOS(=O)O. The van der Waals surface area contributed by atoms with Crippen LogP contribution in [0.2, 0.25) is 0 Å². The van der Waals surface area contributed by atoms with Crippen molar-refractivity contribution in [3.05, 3.63) is 0 Å². The molecule has 0 fully saturated rings. The Hall–Kier alpha value is -0.500. The molecule has 0 spiro atoms. The average molecular weight is 182 g/mol. The Morgan fingerprint density at radius 3 is 2.82 bits per heavy atom. The van der Waals surface area contributed by atoms with Crippen molar-refractivity contribution in [2.45, 2.75) is 0 Å². The van der Waals surface area contributed by atoms with Crippen LogP contribution in [0.25, 0.3) is 0 Å². The molecule has 6 nitrogen and oxygen atoms in total. The predicted molar refractivity (Wildman–Crippen MR) is 38.8 cm³/mol. The molecule has 11 heavy (non-hydrogen) atoms. The smallest absolute Gasteiger partial charge is 0.301 e. The van der Waals surface area contributed by atoms with Crippen molar-refractivity contribution in [3.63, 3.8) is 0 Å². The Balaban J connectivity index is 3.03. The molecule has 0 heterocycles. The second-order valence-corrected chi connectivity index (χ2v) is 2.35. The third kappa shape index (κ3) is 9.50. The van der Waals surface area contributed by atoms with Gasteiger partial charge in [-0.05, 0) is 0 Å². The zero-order chi connectivity index (χ0) is 8.69. The van der Waals surface area contributed by atoms with E-state index < -0.39 is 17.3 Å². The number of nitrogens with two attached hydrogens (primary N) is 1. The summed E-state index contributed by atoms with van der Waals surface area (Å²) >= 11 is -2.24. The Bertz CT molecular complexity index is 135. The van der Waals surface area contributed by atoms with E-state index >= 15 is 0 Å². The minimum atomic E-state index is -2.24. The van der Waals surface area contributed by atoms with Crippen molar-refractivity contribution >= 4 is 17.3 Å². The summed E-state index contributed by atoms with van der Waals surface area (Å²) in [5, 5.41) is 2.60. The van der Waals surface area contributed by atoms with Crippen LogP contribution in [0.5, 0.6) is 0 Å². The van der Waals surface area contributed by atoms with Crippen LogP contribution in [0.15, 0.2) is 0 Å². The van der Waals surface area contributed by atoms with E-state index in [1.165, 1.54) is 0 Å². The van der Waals surface area contributed by atoms with Crippen molar-refractivity contribution < 1.29 is 17.7 Å². The first-order valence-corrected chi connectivity index (χ1v) is 3.89. The van der Waals surface area contributed by atoms with Gasteiger partial charge in [0.25, 0.3) is 0 Å². The van der Waals surface area contributed by atoms with E-state index in [1.54, 1.807) is 0 Å². The maximum atomic E-state index is 10.1. The van der Waals surface area contributed by atoms with E-state index in [0.717, 1.165) is 0 Å². The Kier molecular flexibility index (Phi) is 5.94. The van der Waals surface area contributed by atoms with E-state index in [4.69, 9.17) is 10.3 Å². The zero-order valence-corrected chi connectivity index (χ0v) is 6.60. The molecule has 1 unspecified atom stereocenters. The maximum absolute atomic E-state index is 10.1. The third-order valence-electron chi connectivity index (χ3n) is 0.762. The highest BCUT2D eigenvalue weighted by Gasteiger charge is 1.94. The number of rotatable bonds is 6. The number of nitrogens with one attached hydrogen (secondary N) is 1. The predicted octanol–water partition coefficient (Wildman–Crippen LogP) is -1.79. The summed E-state index contributed by atoms with van der Waals surface area (Å²) in [6, 6.07) is 0. The van der Waals surface area contributed by atoms with Gasteiger partial charge in [-0.1, -0.05) is 0 Å². The van der Waals surface area contributed by atoms with Crippen LogP contribution in [0, 0.1) is 0 Å². The maximum Gasteiger partial charge on any atom is 0.301 e. The zero-order valence-electron chi connectivity index (χ0n) is 5.78. The number of amides is 1. The molecule has 0 saturated carbocycles. The number of primary amides is 1. The van der Waals surface area contributed by atoms with Gasteiger partial charge in [0.2, 0.25) is 5.91 Å². The van der Waals surface area contributed by atoms with Crippen LogP contribution in [-0.2, 0) is 20.3 Å². The van der Waals surface area contributed by atoms with Gasteiger partial charge in [0, 0.05) is 6.54 Å². The lowest BCUT2D eigenvalue weighted by atomic mass is 10.6. The standard InChI is InChI=1S/C4H10N2O4S/c5-4(7)3-6-1-2-10-11(8)9/h6H,1-3H2,(H2,5,7)(H,8,9). The Labute approximate surface area is 66.6 Å². The molecule has 1 amide bonds. The number of carbonyl (C=O) groups is 1. The minimum absolute atomic E-state index is 0.0431. The van der Waals surface area contributed by atoms with Crippen molar-refractivity contribution in [3.8, 4) is 0 Å². The first kappa shape index (κ1) is 10.5. The largest absolute Gasteiger partial charge is 0.369 e. The molecular formula is C4H10N2O4S. The van der Waals surface area contributed by atoms with Crippen LogP contribution in [-0.4, -0.2) is 34.4 Å². The number of carbonyl (C=O) groups excluding carboxylic acids is 1. The summed E-state index contributed by atoms with van der Waals surface area (Å²) in [5.74, 6) is -0.477. The van der Waals surface area contributed by atoms with Crippen LogP contribution in [0.1, 0.15) is 0 Å². The third-order valence-corrected chi connectivity index (χ3v) is 1.13. The molecule has 0 rings (SSSR count). The topological polar surface area (TPSA) is 102 Å². The summed E-state index contributed by atoms with van der Waals surface area (Å²) in [6.07, 6.45) is 0. The van der Waals surface area contributed by atoms with Crippen molar-refractivity contribution in [2.24, 2.45) is 5.73 Å². The summed E-state index contributed by atoms with van der Waals surface area (Å²) in [5.41, 5.74) is 4.78. The van der Waals surface area contributed by atoms with Crippen molar-refractivity contribution in [1.29, 1.82) is 0 Å². The van der Waals surface area contributed by atoms with Crippen molar-refractivity contribution in [2.75, 3.05) is 19.7 Å². The second-order valence-electron chi connectivity index (χ2n) is 1.68. The van der Waals surface area contributed by atoms with Gasteiger partial charge in [-0.3, -0.25) is 13.5 Å². The van der Waals surface area contributed by atoms with Gasteiger partial charge in [0.05, 0.1) is 13.2 Å². The van der Waals surface area contributed by atoms with E-state index in [1.807, 2.05) is 0 Å². The summed E-state index contributed by atoms with van der Waals surface area (Å²) in [7, 11) is 0. The van der Waals surface area contributed by atoms with Gasteiger partial charge in [0.1, 0.15) is 0 Å². The van der Waals surface area contributed by atoms with Crippen LogP contribution >= 0.6 is 0 Å². The highest BCUT2D eigenvalue weighted by molar-refractivity contribution is 7.74. The summed E-state index contributed by atoms with van der Waals surface area (Å²) in [6.45, 7) is 0.424. The van der Waals surface area contributed by atoms with Gasteiger partial charge >= 0.3 is 11.4 Å². The Morgan fingerprint density at radius 1 is 1.73 bits per heavy atom. The van der Waals surface area contributed by atoms with Gasteiger partial charge in [-0.2, -0.15) is 4.21 Å². The van der Waals surface area contributed by atoms with E-state index in [-0.39, 0.29) is 13.2 Å². The van der Waals surface area contributed by atoms with Gasteiger partial charge in [0.15, 0.2) is 0 Å². The fraction of sp³-hybridized carbons (Fsp3) is 0.750. The molecule has 0 aromatic rings. The number of hydrogen-bond donors (Lipinski definition) is 3. The Morgan fingerprint density at radius 2 is 2.36 bits per heavy atom. The van der Waals surface area contributed by atoms with Gasteiger partial charge < -0.3 is 11.1 Å². The monoisotopic (exact) mass is 182 g/mol. The normalized spacial score (nSPS) is 12.8. The number of hydrogen-bond acceptors (Lipinski definition) is 4. The molecule has 7 heteroatoms. The lowest BCUT2D eigenvalue weighted by Crippen LogP contribution is -2.30. The fourth-order valence-corrected chi connectivity index (χ4v) is 0.623. The molecular weight excluding hydrogens is 172 g/mol. The van der Waals surface area contributed by atoms with Crippen LogP contribution in [0.4, 0.5) is 0 Å². The summed E-state index contributed by atoms with van der Waals surface area (Å²) in [4.78, 5) is 10.1. The molecule has 1 atom stereocenters. The van der Waals surface area contributed by atoms with Crippen molar-refractivity contribution in [1.82, 2.24) is 5.32 Å². The molecule has 0 aromatic heterocycles. The second kappa shape index (κ2) is 6.23. The lowest BCUT2D eigenvalue weighted by molar-refractivity contribution is -0.117. The fourth-order valence-electron chi connectivity index (χ4n) is 0.397. The summed E-state index contributed by atoms with van der Waals surface area (Å²) < 4.78 is 22.2. The quantitative estimate of drug-likeness (QED) is 0.333. The van der Waals surface area contributed by atoms with Gasteiger partial charge in [-0.15, -0.1) is 0 Å². The minimum Gasteiger partial charge on any atom is -0.369 e. The van der Waals surface area contributed by atoms with Crippen LogP contribution < -0.4 is 11.1 Å². The molecule has 0 radical (unpaired) electrons. The molecule has 0 aliphatic carbocycles.